The van der Waals surface area contributed by atoms with Gasteiger partial charge >= 0.3 is 0 Å². The Hall–Kier alpha value is -0.0400. The molecule has 0 aromatic rings. The van der Waals surface area contributed by atoms with Crippen molar-refractivity contribution in [2.75, 3.05) is 19.6 Å². The van der Waals surface area contributed by atoms with Crippen molar-refractivity contribution >= 4 is 0 Å². The topological polar surface area (TPSA) is 0 Å². The van der Waals surface area contributed by atoms with Crippen molar-refractivity contribution < 1.29 is 4.48 Å². The molecule has 1 rings (SSSR count). The van der Waals surface area contributed by atoms with E-state index in [2.05, 4.69) is 27.7 Å². The summed E-state index contributed by atoms with van der Waals surface area (Å²) in [4.78, 5) is 0. The summed E-state index contributed by atoms with van der Waals surface area (Å²) in [5.41, 5.74) is 0.465. The molecular weight excluding hydrogens is 146 g/mol. The quantitative estimate of drug-likeness (QED) is 0.559. The van der Waals surface area contributed by atoms with Crippen molar-refractivity contribution in [3.05, 3.63) is 0 Å². The first kappa shape index (κ1) is 10.0. The summed E-state index contributed by atoms with van der Waals surface area (Å²) in [6, 6.07) is 0. The third-order valence-corrected chi connectivity index (χ3v) is 3.50. The molecule has 0 atom stereocenters. The maximum Gasteiger partial charge on any atom is 0.0907 e. The second-order valence-electron chi connectivity index (χ2n) is 5.19. The van der Waals surface area contributed by atoms with Gasteiger partial charge < -0.3 is 4.48 Å². The molecule has 0 spiro atoms. The van der Waals surface area contributed by atoms with E-state index in [-0.39, 0.29) is 0 Å². The van der Waals surface area contributed by atoms with Gasteiger partial charge in [0.15, 0.2) is 0 Å². The average Bonchev–Trinajstić information content (AvgIpc) is 2.36. The minimum atomic E-state index is 0.465. The maximum absolute atomic E-state index is 2.40. The Morgan fingerprint density at radius 2 is 1.58 bits per heavy atom. The highest BCUT2D eigenvalue weighted by atomic mass is 15.4. The zero-order chi connectivity index (χ0) is 9.24. The molecule has 1 fully saturated rings. The van der Waals surface area contributed by atoms with Gasteiger partial charge in [-0.1, -0.05) is 6.92 Å². The lowest BCUT2D eigenvalue weighted by atomic mass is 10.0. The summed E-state index contributed by atoms with van der Waals surface area (Å²) in [6.07, 6.45) is 4.21. The highest BCUT2D eigenvalue weighted by Crippen LogP contribution is 2.31. The van der Waals surface area contributed by atoms with Gasteiger partial charge in [0.05, 0.1) is 25.2 Å². The van der Waals surface area contributed by atoms with Crippen LogP contribution in [-0.4, -0.2) is 29.7 Å². The Morgan fingerprint density at radius 3 is 1.92 bits per heavy atom. The van der Waals surface area contributed by atoms with Crippen LogP contribution in [0.1, 0.15) is 47.0 Å². The van der Waals surface area contributed by atoms with E-state index in [1.54, 1.807) is 0 Å². The van der Waals surface area contributed by atoms with Crippen molar-refractivity contribution in [3.8, 4) is 0 Å². The fourth-order valence-corrected chi connectivity index (χ4v) is 2.60. The number of quaternary nitrogens is 1. The van der Waals surface area contributed by atoms with E-state index in [4.69, 9.17) is 0 Å². The van der Waals surface area contributed by atoms with Crippen molar-refractivity contribution in [2.45, 2.75) is 52.5 Å². The first-order valence-electron chi connectivity index (χ1n) is 5.38. The van der Waals surface area contributed by atoms with Gasteiger partial charge in [-0.25, -0.2) is 0 Å². The molecule has 0 unspecified atom stereocenters. The Kier molecular flexibility index (Phi) is 2.82. The zero-order valence-electron chi connectivity index (χ0n) is 9.19. The van der Waals surface area contributed by atoms with Crippen molar-refractivity contribution in [1.29, 1.82) is 0 Å². The van der Waals surface area contributed by atoms with Crippen LogP contribution in [0.2, 0.25) is 0 Å². The molecule has 1 saturated heterocycles. The second-order valence-corrected chi connectivity index (χ2v) is 5.19. The third-order valence-electron chi connectivity index (χ3n) is 3.50. The molecule has 0 bridgehead atoms. The van der Waals surface area contributed by atoms with Crippen molar-refractivity contribution in [3.63, 3.8) is 0 Å². The van der Waals surface area contributed by atoms with Crippen LogP contribution >= 0.6 is 0 Å². The lowest BCUT2D eigenvalue weighted by molar-refractivity contribution is -0.960. The van der Waals surface area contributed by atoms with E-state index in [1.165, 1.54) is 43.4 Å². The SMILES string of the molecule is CCC[N+]1(C(C)(C)C)CCCC1. The van der Waals surface area contributed by atoms with Crippen LogP contribution in [0.5, 0.6) is 0 Å². The van der Waals surface area contributed by atoms with Gasteiger partial charge in [0, 0.05) is 12.8 Å². The van der Waals surface area contributed by atoms with E-state index in [1.807, 2.05) is 0 Å². The van der Waals surface area contributed by atoms with Gasteiger partial charge in [-0.05, 0) is 27.2 Å². The molecule has 0 amide bonds. The maximum atomic E-state index is 2.40. The molecule has 0 aromatic heterocycles. The normalized spacial score (nSPS) is 23.0. The molecule has 0 saturated carbocycles. The highest BCUT2D eigenvalue weighted by Gasteiger charge is 2.41. The molecule has 0 aliphatic carbocycles. The molecule has 1 heteroatoms. The lowest BCUT2D eigenvalue weighted by Crippen LogP contribution is -2.58. The van der Waals surface area contributed by atoms with Crippen molar-refractivity contribution in [2.24, 2.45) is 0 Å². The number of hydrogen-bond donors (Lipinski definition) is 0. The summed E-state index contributed by atoms with van der Waals surface area (Å²) in [7, 11) is 0. The van der Waals surface area contributed by atoms with Gasteiger partial charge in [-0.3, -0.25) is 0 Å². The third kappa shape index (κ3) is 1.66. The Labute approximate surface area is 77.4 Å². The minimum absolute atomic E-state index is 0.465. The molecule has 1 aliphatic heterocycles. The lowest BCUT2D eigenvalue weighted by Gasteiger charge is -2.45. The average molecular weight is 170 g/mol. The van der Waals surface area contributed by atoms with E-state index >= 15 is 0 Å². The number of nitrogens with zero attached hydrogens (tertiary/aromatic N) is 1. The molecule has 1 aliphatic rings. The largest absolute Gasteiger partial charge is 0.319 e. The number of likely N-dealkylation sites (tertiary alicyclic amines) is 1. The van der Waals surface area contributed by atoms with Gasteiger partial charge in [0.2, 0.25) is 0 Å². The Bertz CT molecular complexity index is 138. The fraction of sp³-hybridized carbons (Fsp3) is 1.00. The van der Waals surface area contributed by atoms with Crippen molar-refractivity contribution in [1.82, 2.24) is 0 Å². The van der Waals surface area contributed by atoms with E-state index in [0.717, 1.165) is 0 Å². The van der Waals surface area contributed by atoms with Gasteiger partial charge in [-0.2, -0.15) is 0 Å². The first-order chi connectivity index (χ1) is 5.52. The molecule has 1 nitrogen and oxygen atoms in total. The van der Waals surface area contributed by atoms with Gasteiger partial charge in [0.1, 0.15) is 0 Å². The fourth-order valence-electron chi connectivity index (χ4n) is 2.60. The standard InChI is InChI=1S/C11H24N/c1-5-8-12(11(2,3)4)9-6-7-10-12/h5-10H2,1-4H3/q+1. The van der Waals surface area contributed by atoms with E-state index in [0.29, 0.717) is 5.54 Å². The smallest absolute Gasteiger partial charge is 0.0907 e. The van der Waals surface area contributed by atoms with Gasteiger partial charge in [0.25, 0.3) is 0 Å². The van der Waals surface area contributed by atoms with Crippen LogP contribution in [0.3, 0.4) is 0 Å². The predicted molar refractivity (Wildman–Crippen MR) is 54.1 cm³/mol. The van der Waals surface area contributed by atoms with Gasteiger partial charge in [-0.15, -0.1) is 0 Å². The molecule has 0 N–H and O–H groups in total. The van der Waals surface area contributed by atoms with Crippen LogP contribution in [0.25, 0.3) is 0 Å². The Morgan fingerprint density at radius 1 is 1.08 bits per heavy atom. The number of rotatable bonds is 2. The monoisotopic (exact) mass is 170 g/mol. The molecule has 12 heavy (non-hydrogen) atoms. The van der Waals surface area contributed by atoms with Crippen LogP contribution < -0.4 is 0 Å². The van der Waals surface area contributed by atoms with Crippen LogP contribution in [0.15, 0.2) is 0 Å². The van der Waals surface area contributed by atoms with E-state index < -0.39 is 0 Å². The Balaban J connectivity index is 2.72. The molecular formula is C11H24N+. The summed E-state index contributed by atoms with van der Waals surface area (Å²) in [6.45, 7) is 13.7. The number of hydrogen-bond acceptors (Lipinski definition) is 0. The molecule has 72 valence electrons. The van der Waals surface area contributed by atoms with Crippen LogP contribution in [-0.2, 0) is 0 Å². The van der Waals surface area contributed by atoms with E-state index in [9.17, 15) is 0 Å². The molecule has 0 radical (unpaired) electrons. The van der Waals surface area contributed by atoms with Crippen LogP contribution in [0, 0.1) is 0 Å². The predicted octanol–water partition coefficient (Wildman–Crippen LogP) is 2.81. The zero-order valence-corrected chi connectivity index (χ0v) is 9.19. The summed E-state index contributed by atoms with van der Waals surface area (Å²) < 4.78 is 1.36. The second kappa shape index (κ2) is 3.37. The summed E-state index contributed by atoms with van der Waals surface area (Å²) in [5.74, 6) is 0. The summed E-state index contributed by atoms with van der Waals surface area (Å²) >= 11 is 0. The molecule has 1 heterocycles. The minimum Gasteiger partial charge on any atom is -0.319 e. The first-order valence-corrected chi connectivity index (χ1v) is 5.38. The van der Waals surface area contributed by atoms with Crippen LogP contribution in [0.4, 0.5) is 0 Å². The molecule has 0 aromatic carbocycles. The highest BCUT2D eigenvalue weighted by molar-refractivity contribution is 4.68. The summed E-state index contributed by atoms with van der Waals surface area (Å²) in [5, 5.41) is 0.